The fraction of sp³-hybridized carbons (Fsp3) is 0.588. The lowest BCUT2D eigenvalue weighted by Crippen LogP contribution is -2.47. The van der Waals surface area contributed by atoms with Gasteiger partial charge in [0.15, 0.2) is 5.82 Å². The van der Waals surface area contributed by atoms with Gasteiger partial charge in [-0.1, -0.05) is 30.3 Å². The van der Waals surface area contributed by atoms with Gasteiger partial charge in [-0.05, 0) is 28.8 Å². The minimum Gasteiger partial charge on any atom is -0.387 e. The predicted octanol–water partition coefficient (Wildman–Crippen LogP) is 0.859. The molecule has 2 heterocycles. The molecule has 1 saturated heterocycles. The zero-order chi connectivity index (χ0) is 16.4. The fourth-order valence-electron chi connectivity index (χ4n) is 3.27. The van der Waals surface area contributed by atoms with Gasteiger partial charge in [0, 0.05) is 32.7 Å². The second-order valence-corrected chi connectivity index (χ2v) is 6.77. The number of benzene rings is 1. The third-order valence-electron chi connectivity index (χ3n) is 4.90. The first kappa shape index (κ1) is 15.7. The number of aliphatic hydroxyl groups excluding tert-OH is 1. The molecular weight excluding hydrogens is 304 g/mol. The number of piperazine rings is 1. The highest BCUT2D eigenvalue weighted by Gasteiger charge is 2.29. The van der Waals surface area contributed by atoms with Crippen LogP contribution in [-0.2, 0) is 6.54 Å². The summed E-state index contributed by atoms with van der Waals surface area (Å²) in [6, 6.07) is 10.4. The standard InChI is InChI=1S/C17H24N6O/c24-16(14-4-2-1-3-5-14)12-21-8-10-22(11-9-21)13-17-18-19-20-23(17)15-6-7-15/h1-5,15-16,24H,6-13H2. The molecule has 128 valence electrons. The second-order valence-electron chi connectivity index (χ2n) is 6.77. The van der Waals surface area contributed by atoms with Crippen molar-refractivity contribution >= 4 is 0 Å². The van der Waals surface area contributed by atoms with Crippen molar-refractivity contribution in [2.75, 3.05) is 32.7 Å². The van der Waals surface area contributed by atoms with E-state index < -0.39 is 6.10 Å². The lowest BCUT2D eigenvalue weighted by atomic mass is 10.1. The van der Waals surface area contributed by atoms with Gasteiger partial charge in [0.25, 0.3) is 0 Å². The SMILES string of the molecule is OC(CN1CCN(Cc2nnnn2C2CC2)CC1)c1ccccc1. The van der Waals surface area contributed by atoms with Gasteiger partial charge in [-0.3, -0.25) is 9.80 Å². The minimum absolute atomic E-state index is 0.417. The molecule has 1 unspecified atom stereocenters. The molecule has 0 radical (unpaired) electrons. The Labute approximate surface area is 141 Å². The molecule has 7 nitrogen and oxygen atoms in total. The topological polar surface area (TPSA) is 70.3 Å². The van der Waals surface area contributed by atoms with Crippen LogP contribution in [-0.4, -0.2) is 67.8 Å². The highest BCUT2D eigenvalue weighted by molar-refractivity contribution is 5.17. The molecule has 24 heavy (non-hydrogen) atoms. The number of tetrazole rings is 1. The van der Waals surface area contributed by atoms with Crippen molar-refractivity contribution in [1.82, 2.24) is 30.0 Å². The smallest absolute Gasteiger partial charge is 0.165 e. The van der Waals surface area contributed by atoms with Crippen LogP contribution in [0.3, 0.4) is 0 Å². The number of aromatic nitrogens is 4. The van der Waals surface area contributed by atoms with E-state index in [0.717, 1.165) is 44.1 Å². The molecule has 1 aliphatic carbocycles. The molecule has 1 aromatic carbocycles. The summed E-state index contributed by atoms with van der Waals surface area (Å²) in [7, 11) is 0. The maximum Gasteiger partial charge on any atom is 0.165 e. The quantitative estimate of drug-likeness (QED) is 0.848. The number of hydrogen-bond donors (Lipinski definition) is 1. The van der Waals surface area contributed by atoms with Gasteiger partial charge in [-0.2, -0.15) is 0 Å². The van der Waals surface area contributed by atoms with Gasteiger partial charge in [-0.25, -0.2) is 4.68 Å². The molecule has 1 N–H and O–H groups in total. The monoisotopic (exact) mass is 328 g/mol. The molecule has 2 aliphatic rings. The normalized spacial score (nSPS) is 21.0. The summed E-state index contributed by atoms with van der Waals surface area (Å²) in [5.74, 6) is 0.982. The van der Waals surface area contributed by atoms with Crippen LogP contribution in [0.1, 0.15) is 36.4 Å². The van der Waals surface area contributed by atoms with Crippen molar-refractivity contribution in [2.45, 2.75) is 31.5 Å². The van der Waals surface area contributed by atoms with Crippen LogP contribution in [0.25, 0.3) is 0 Å². The van der Waals surface area contributed by atoms with Gasteiger partial charge >= 0.3 is 0 Å². The van der Waals surface area contributed by atoms with E-state index in [4.69, 9.17) is 0 Å². The van der Waals surface area contributed by atoms with E-state index in [9.17, 15) is 5.11 Å². The third-order valence-corrected chi connectivity index (χ3v) is 4.90. The zero-order valence-electron chi connectivity index (χ0n) is 13.8. The third kappa shape index (κ3) is 3.63. The van der Waals surface area contributed by atoms with Crippen molar-refractivity contribution in [3.8, 4) is 0 Å². The fourth-order valence-corrected chi connectivity index (χ4v) is 3.27. The molecule has 1 aliphatic heterocycles. The van der Waals surface area contributed by atoms with Crippen molar-refractivity contribution in [3.05, 3.63) is 41.7 Å². The molecule has 1 atom stereocenters. The van der Waals surface area contributed by atoms with Crippen LogP contribution in [0.15, 0.2) is 30.3 Å². The Balaban J connectivity index is 1.27. The summed E-state index contributed by atoms with van der Waals surface area (Å²) in [6.45, 7) is 5.41. The van der Waals surface area contributed by atoms with E-state index in [2.05, 4.69) is 25.3 Å². The Morgan fingerprint density at radius 1 is 1.04 bits per heavy atom. The summed E-state index contributed by atoms with van der Waals surface area (Å²) < 4.78 is 1.99. The number of aliphatic hydroxyl groups is 1. The minimum atomic E-state index is -0.417. The molecule has 0 spiro atoms. The molecule has 0 bridgehead atoms. The Bertz CT molecular complexity index is 648. The summed E-state index contributed by atoms with van der Waals surface area (Å²) in [5.41, 5.74) is 0.989. The van der Waals surface area contributed by atoms with E-state index in [1.807, 2.05) is 35.0 Å². The molecule has 2 fully saturated rings. The maximum atomic E-state index is 10.4. The lowest BCUT2D eigenvalue weighted by molar-refractivity contribution is 0.0687. The molecular formula is C17H24N6O. The highest BCUT2D eigenvalue weighted by atomic mass is 16.3. The van der Waals surface area contributed by atoms with E-state index in [0.29, 0.717) is 12.6 Å². The maximum absolute atomic E-state index is 10.4. The lowest BCUT2D eigenvalue weighted by Gasteiger charge is -2.35. The molecule has 0 amide bonds. The van der Waals surface area contributed by atoms with E-state index in [1.54, 1.807) is 0 Å². The Morgan fingerprint density at radius 2 is 1.75 bits per heavy atom. The van der Waals surface area contributed by atoms with E-state index >= 15 is 0 Å². The van der Waals surface area contributed by atoms with Crippen LogP contribution in [0.2, 0.25) is 0 Å². The highest BCUT2D eigenvalue weighted by Crippen LogP contribution is 2.34. The molecule has 1 saturated carbocycles. The first-order valence-corrected chi connectivity index (χ1v) is 8.74. The number of β-amino-alcohol motifs (C(OH)–C–C–N with tert-alkyl or cyclic N) is 1. The van der Waals surface area contributed by atoms with Gasteiger partial charge < -0.3 is 5.11 Å². The van der Waals surface area contributed by atoms with Crippen LogP contribution >= 0.6 is 0 Å². The van der Waals surface area contributed by atoms with E-state index in [1.165, 1.54) is 12.8 Å². The Morgan fingerprint density at radius 3 is 2.46 bits per heavy atom. The van der Waals surface area contributed by atoms with Crippen molar-refractivity contribution in [2.24, 2.45) is 0 Å². The van der Waals surface area contributed by atoms with Gasteiger partial charge in [-0.15, -0.1) is 5.10 Å². The largest absolute Gasteiger partial charge is 0.387 e. The molecule has 2 aromatic rings. The molecule has 1 aromatic heterocycles. The zero-order valence-corrected chi connectivity index (χ0v) is 13.8. The summed E-state index contributed by atoms with van der Waals surface area (Å²) in [4.78, 5) is 4.73. The second kappa shape index (κ2) is 6.96. The molecule has 7 heteroatoms. The Kier molecular flexibility index (Phi) is 4.55. The van der Waals surface area contributed by atoms with Crippen LogP contribution in [0, 0.1) is 0 Å². The number of rotatable bonds is 6. The first-order valence-electron chi connectivity index (χ1n) is 8.74. The average Bonchev–Trinajstić information content (AvgIpc) is 3.37. The van der Waals surface area contributed by atoms with Crippen molar-refractivity contribution in [3.63, 3.8) is 0 Å². The number of hydrogen-bond acceptors (Lipinski definition) is 6. The van der Waals surface area contributed by atoms with Crippen LogP contribution in [0.4, 0.5) is 0 Å². The summed E-state index contributed by atoms with van der Waals surface area (Å²) >= 11 is 0. The van der Waals surface area contributed by atoms with Crippen LogP contribution < -0.4 is 0 Å². The van der Waals surface area contributed by atoms with Gasteiger partial charge in [0.05, 0.1) is 18.7 Å². The summed E-state index contributed by atoms with van der Waals surface area (Å²) in [5, 5.41) is 22.5. The molecule has 4 rings (SSSR count). The van der Waals surface area contributed by atoms with Gasteiger partial charge in [0.1, 0.15) is 0 Å². The van der Waals surface area contributed by atoms with Crippen molar-refractivity contribution < 1.29 is 5.11 Å². The van der Waals surface area contributed by atoms with Crippen LogP contribution in [0.5, 0.6) is 0 Å². The number of nitrogens with zero attached hydrogens (tertiary/aromatic N) is 6. The Hall–Kier alpha value is -1.83. The summed E-state index contributed by atoms with van der Waals surface area (Å²) in [6.07, 6.45) is 1.98. The average molecular weight is 328 g/mol. The predicted molar refractivity (Wildman–Crippen MR) is 89.2 cm³/mol. The van der Waals surface area contributed by atoms with Crippen molar-refractivity contribution in [1.29, 1.82) is 0 Å². The van der Waals surface area contributed by atoms with E-state index in [-0.39, 0.29) is 0 Å². The first-order chi connectivity index (χ1) is 11.8. The van der Waals surface area contributed by atoms with Gasteiger partial charge in [0.2, 0.25) is 0 Å².